The van der Waals surface area contributed by atoms with Crippen molar-refractivity contribution in [3.05, 3.63) is 53.1 Å². The first kappa shape index (κ1) is 21.6. The molecule has 156 valence electrons. The molecule has 1 amide bonds. The van der Waals surface area contributed by atoms with Gasteiger partial charge in [0.2, 0.25) is 10.0 Å². The Balaban J connectivity index is 1.76. The Hall–Kier alpha value is -2.13. The molecule has 1 fully saturated rings. The fourth-order valence-electron chi connectivity index (χ4n) is 2.97. The number of para-hydroxylation sites is 2. The van der Waals surface area contributed by atoms with E-state index in [9.17, 15) is 13.2 Å². The number of hydrogen-bond acceptors (Lipinski definition) is 5. The third kappa shape index (κ3) is 5.48. The van der Waals surface area contributed by atoms with E-state index in [1.807, 2.05) is 0 Å². The van der Waals surface area contributed by atoms with Crippen molar-refractivity contribution in [2.75, 3.05) is 25.6 Å². The number of amides is 1. The molecule has 2 aromatic rings. The number of ether oxygens (including phenoxy) is 2. The third-order valence-electron chi connectivity index (χ3n) is 4.60. The maximum atomic E-state index is 12.8. The molecule has 3 rings (SSSR count). The van der Waals surface area contributed by atoms with Gasteiger partial charge in [0.1, 0.15) is 12.4 Å². The van der Waals surface area contributed by atoms with Crippen LogP contribution in [0.2, 0.25) is 5.02 Å². The first-order chi connectivity index (χ1) is 13.9. The standard InChI is InChI=1S/C20H23ClN2O5S/c1-22-29(25,26)15-9-10-17(21)16(12-15)20(24)23-18-7-2-3-8-19(18)28-13-14-6-4-5-11-27-14/h2-3,7-10,12,14,22H,4-6,11,13H2,1H3,(H,23,24). The molecule has 9 heteroatoms. The van der Waals surface area contributed by atoms with Gasteiger partial charge in [0, 0.05) is 6.61 Å². The molecule has 1 heterocycles. The maximum absolute atomic E-state index is 12.8. The van der Waals surface area contributed by atoms with Gasteiger partial charge in [-0.3, -0.25) is 4.79 Å². The minimum atomic E-state index is -3.70. The van der Waals surface area contributed by atoms with E-state index in [1.165, 1.54) is 25.2 Å². The number of halogens is 1. The summed E-state index contributed by atoms with van der Waals surface area (Å²) in [5, 5.41) is 2.89. The summed E-state index contributed by atoms with van der Waals surface area (Å²) in [6.07, 6.45) is 3.14. The molecule has 0 saturated carbocycles. The van der Waals surface area contributed by atoms with Gasteiger partial charge in [-0.1, -0.05) is 23.7 Å². The van der Waals surface area contributed by atoms with Gasteiger partial charge in [-0.05, 0) is 56.6 Å². The van der Waals surface area contributed by atoms with Gasteiger partial charge in [-0.2, -0.15) is 0 Å². The molecule has 2 N–H and O–H groups in total. The first-order valence-corrected chi connectivity index (χ1v) is 11.1. The summed E-state index contributed by atoms with van der Waals surface area (Å²) >= 11 is 6.13. The van der Waals surface area contributed by atoms with Crippen molar-refractivity contribution in [2.24, 2.45) is 0 Å². The zero-order chi connectivity index (χ0) is 20.9. The molecular formula is C20H23ClN2O5S. The summed E-state index contributed by atoms with van der Waals surface area (Å²) in [6, 6.07) is 11.0. The highest BCUT2D eigenvalue weighted by atomic mass is 35.5. The van der Waals surface area contributed by atoms with Crippen LogP contribution in [0.25, 0.3) is 0 Å². The molecule has 1 aliphatic heterocycles. The van der Waals surface area contributed by atoms with Gasteiger partial charge in [-0.15, -0.1) is 0 Å². The highest BCUT2D eigenvalue weighted by Gasteiger charge is 2.19. The third-order valence-corrected chi connectivity index (χ3v) is 6.34. The molecule has 1 saturated heterocycles. The lowest BCUT2D eigenvalue weighted by Crippen LogP contribution is -2.26. The molecule has 0 bridgehead atoms. The van der Waals surface area contributed by atoms with E-state index >= 15 is 0 Å². The number of benzene rings is 2. The molecular weight excluding hydrogens is 416 g/mol. The summed E-state index contributed by atoms with van der Waals surface area (Å²) in [5.41, 5.74) is 0.514. The average Bonchev–Trinajstić information content (AvgIpc) is 2.74. The van der Waals surface area contributed by atoms with Crippen LogP contribution in [-0.4, -0.2) is 40.7 Å². The topological polar surface area (TPSA) is 93.7 Å². The predicted molar refractivity (Wildman–Crippen MR) is 111 cm³/mol. The van der Waals surface area contributed by atoms with Crippen LogP contribution in [0, 0.1) is 0 Å². The lowest BCUT2D eigenvalue weighted by Gasteiger charge is -2.23. The van der Waals surface area contributed by atoms with E-state index in [0.29, 0.717) is 18.0 Å². The summed E-state index contributed by atoms with van der Waals surface area (Å²) in [4.78, 5) is 12.7. The van der Waals surface area contributed by atoms with Crippen molar-refractivity contribution in [3.63, 3.8) is 0 Å². The second-order valence-electron chi connectivity index (χ2n) is 6.60. The molecule has 1 aliphatic rings. The Morgan fingerprint density at radius 1 is 1.24 bits per heavy atom. The highest BCUT2D eigenvalue weighted by molar-refractivity contribution is 7.89. The SMILES string of the molecule is CNS(=O)(=O)c1ccc(Cl)c(C(=O)Nc2ccccc2OCC2CCCCO2)c1. The van der Waals surface area contributed by atoms with E-state index in [-0.39, 0.29) is 21.6 Å². The Morgan fingerprint density at radius 3 is 2.76 bits per heavy atom. The zero-order valence-electron chi connectivity index (χ0n) is 16.0. The minimum absolute atomic E-state index is 0.0328. The Kier molecular flexibility index (Phi) is 7.13. The molecule has 2 aromatic carbocycles. The normalized spacial score (nSPS) is 17.0. The smallest absolute Gasteiger partial charge is 0.257 e. The monoisotopic (exact) mass is 438 g/mol. The molecule has 0 radical (unpaired) electrons. The summed E-state index contributed by atoms with van der Waals surface area (Å²) < 4.78 is 37.8. The Morgan fingerprint density at radius 2 is 2.03 bits per heavy atom. The van der Waals surface area contributed by atoms with Crippen LogP contribution >= 0.6 is 11.6 Å². The number of nitrogens with one attached hydrogen (secondary N) is 2. The van der Waals surface area contributed by atoms with E-state index in [1.54, 1.807) is 24.3 Å². The van der Waals surface area contributed by atoms with Crippen LogP contribution in [0.5, 0.6) is 5.75 Å². The number of anilines is 1. The van der Waals surface area contributed by atoms with Crippen LogP contribution in [0.1, 0.15) is 29.6 Å². The number of carbonyl (C=O) groups excluding carboxylic acids is 1. The second-order valence-corrected chi connectivity index (χ2v) is 8.89. The van der Waals surface area contributed by atoms with Gasteiger partial charge in [-0.25, -0.2) is 13.1 Å². The molecule has 0 aliphatic carbocycles. The Bertz CT molecular complexity index is 975. The van der Waals surface area contributed by atoms with Crippen LogP contribution in [0.15, 0.2) is 47.4 Å². The maximum Gasteiger partial charge on any atom is 0.257 e. The van der Waals surface area contributed by atoms with Crippen LogP contribution in [0.3, 0.4) is 0 Å². The molecule has 0 aromatic heterocycles. The lowest BCUT2D eigenvalue weighted by molar-refractivity contribution is -0.0109. The molecule has 7 nitrogen and oxygen atoms in total. The number of hydrogen-bond donors (Lipinski definition) is 2. The predicted octanol–water partition coefficient (Wildman–Crippen LogP) is 3.45. The summed E-state index contributed by atoms with van der Waals surface area (Å²) in [7, 11) is -2.40. The van der Waals surface area contributed by atoms with E-state index in [4.69, 9.17) is 21.1 Å². The molecule has 0 spiro atoms. The largest absolute Gasteiger partial charge is 0.489 e. The van der Waals surface area contributed by atoms with Gasteiger partial charge in [0.15, 0.2) is 0 Å². The van der Waals surface area contributed by atoms with Crippen molar-refractivity contribution < 1.29 is 22.7 Å². The second kappa shape index (κ2) is 9.58. The van der Waals surface area contributed by atoms with Crippen LogP contribution < -0.4 is 14.8 Å². The van der Waals surface area contributed by atoms with Crippen molar-refractivity contribution in [1.29, 1.82) is 0 Å². The molecule has 1 unspecified atom stereocenters. The minimum Gasteiger partial charge on any atom is -0.489 e. The lowest BCUT2D eigenvalue weighted by atomic mass is 10.1. The van der Waals surface area contributed by atoms with Gasteiger partial charge >= 0.3 is 0 Å². The van der Waals surface area contributed by atoms with Crippen molar-refractivity contribution in [1.82, 2.24) is 4.72 Å². The quantitative estimate of drug-likeness (QED) is 0.690. The fourth-order valence-corrected chi connectivity index (χ4v) is 3.93. The average molecular weight is 439 g/mol. The highest BCUT2D eigenvalue weighted by Crippen LogP contribution is 2.27. The number of sulfonamides is 1. The van der Waals surface area contributed by atoms with Crippen molar-refractivity contribution in [3.8, 4) is 5.75 Å². The van der Waals surface area contributed by atoms with E-state index in [2.05, 4.69) is 10.0 Å². The number of carbonyl (C=O) groups is 1. The zero-order valence-corrected chi connectivity index (χ0v) is 17.6. The number of rotatable bonds is 7. The van der Waals surface area contributed by atoms with Gasteiger partial charge in [0.25, 0.3) is 5.91 Å². The fraction of sp³-hybridized carbons (Fsp3) is 0.350. The first-order valence-electron chi connectivity index (χ1n) is 9.28. The van der Waals surface area contributed by atoms with Crippen molar-refractivity contribution >= 4 is 33.2 Å². The van der Waals surface area contributed by atoms with Crippen LogP contribution in [0.4, 0.5) is 5.69 Å². The van der Waals surface area contributed by atoms with Gasteiger partial charge in [0.05, 0.1) is 27.3 Å². The Labute approximate surface area is 175 Å². The van der Waals surface area contributed by atoms with E-state index < -0.39 is 15.9 Å². The molecule has 29 heavy (non-hydrogen) atoms. The van der Waals surface area contributed by atoms with Crippen LogP contribution in [-0.2, 0) is 14.8 Å². The van der Waals surface area contributed by atoms with Crippen molar-refractivity contribution in [2.45, 2.75) is 30.3 Å². The molecule has 1 atom stereocenters. The summed E-state index contributed by atoms with van der Waals surface area (Å²) in [5.74, 6) is -0.0294. The summed E-state index contributed by atoms with van der Waals surface area (Å²) in [6.45, 7) is 1.13. The van der Waals surface area contributed by atoms with E-state index in [0.717, 1.165) is 25.9 Å². The van der Waals surface area contributed by atoms with Gasteiger partial charge < -0.3 is 14.8 Å².